The summed E-state index contributed by atoms with van der Waals surface area (Å²) in [6, 6.07) is 0. The number of halogens is 4. The van der Waals surface area contributed by atoms with Crippen molar-refractivity contribution in [3.8, 4) is 0 Å². The van der Waals surface area contributed by atoms with Gasteiger partial charge in [0.15, 0.2) is 10.6 Å². The number of nitrogens with zero attached hydrogens (tertiary/aromatic N) is 6. The summed E-state index contributed by atoms with van der Waals surface area (Å²) in [6.45, 7) is 38.8. The van der Waals surface area contributed by atoms with E-state index in [1.54, 1.807) is 18.1 Å². The van der Waals surface area contributed by atoms with Gasteiger partial charge in [-0.2, -0.15) is 20.4 Å². The molecule has 10 aliphatic carbocycles. The molecule has 0 aromatic carbocycles. The van der Waals surface area contributed by atoms with Gasteiger partial charge in [-0.15, -0.1) is 0 Å². The van der Waals surface area contributed by atoms with Crippen LogP contribution < -0.4 is 30.6 Å². The van der Waals surface area contributed by atoms with E-state index in [-0.39, 0.29) is 89.5 Å². The molecule has 10 N–H and O–H groups in total. The average Bonchev–Trinajstić information content (AvgIpc) is 1.19. The molecular formula is C70H108ClI3N13O2S2-. The number of hydrogen-bond acceptors (Lipinski definition) is 11. The molecule has 6 fully saturated rings. The summed E-state index contributed by atoms with van der Waals surface area (Å²) in [5.74, 6) is 11.4. The molecular weight excluding hydrogens is 1540 g/mol. The third-order valence-corrected chi connectivity index (χ3v) is 29.8. The molecule has 6 saturated carbocycles. The number of aromatic amines is 4. The van der Waals surface area contributed by atoms with E-state index in [1.165, 1.54) is 52.9 Å². The van der Waals surface area contributed by atoms with E-state index in [0.29, 0.717) is 76.3 Å². The molecule has 91 heavy (non-hydrogen) atoms. The molecule has 4 heterocycles. The van der Waals surface area contributed by atoms with E-state index in [9.17, 15) is 9.59 Å². The number of aromatic nitrogens is 10. The first-order chi connectivity index (χ1) is 41.8. The normalized spacial score (nSPS) is 38.7. The van der Waals surface area contributed by atoms with Crippen LogP contribution in [0.2, 0.25) is 0 Å². The number of nitrogens with one attached hydrogen (secondary N) is 4. The second-order valence-corrected chi connectivity index (χ2v) is 51.7. The van der Waals surface area contributed by atoms with Gasteiger partial charge in [0.2, 0.25) is 10.0 Å². The Bertz CT molecular complexity index is 3680. The van der Waals surface area contributed by atoms with Crippen molar-refractivity contribution in [2.24, 2.45) is 89.7 Å². The SMILES string of the molecule is C.CC1(C)CC[C@]2(C(=O)Cl)CC[C@]3(C)C(=CCC4[C@@]5(C)Cc6c(N)n[nH]c6C(C)(C)C5CC[C@]43C)C2C1.Cc1n[nH]c(=S)n1CC(=O)[C@]12CCC(C)(C)CC1C1=CCC3[C@@]4(C)Cc5c(N)n[nH]c5C(C)(C)C4CC[C@@]3(C)[C@]1(C)CC2.Cc1n[nH]c(=S)n1N.I[I-]I. The number of carbonyl (C=O) groups is 2. The molecule has 6 unspecified atom stereocenters. The standard InChI is InChI=1S/C35H52N6OS.C31H46ClN3O.C3H6N4S.CH4.I3/c1-20-37-40-29(43)41(20)19-26(42)35-15-13-30(2,3)18-23(35)22-9-10-25-32(6)17-21-27(38-39-28(21)36)31(4,5)24(32)11-12-34(25,8)33(22,7)14-16-35;1-26(2)12-14-31(25(32)36)15-13-29(6)19(20(31)17-26)8-9-22-28(5)16-18-23(34-35-24(18)33)27(3,4)21(28)10-11-30(22,29)7;1-2-5-6-3(8)7(2)4;;1-3-2/h9,23-25H,10-19H2,1-8H3,(H,40,43)(H3,36,38,39);8,20-22H,9-17H2,1-7H3,(H3,33,34,35);4H2,1H3,(H,6,8);1H4;/q;;;;-1/t23?,24?,25?,32-,33+,34+,35-;20?,21?,22?,28-,29+,30+,31-;;;/m00.../s1. The van der Waals surface area contributed by atoms with Gasteiger partial charge in [-0.1, -0.05) is 128 Å². The Kier molecular flexibility index (Phi) is 19.0. The molecule has 0 aliphatic heterocycles. The minimum absolute atomic E-state index is 0. The zero-order valence-corrected chi connectivity index (χ0v) is 65.5. The van der Waals surface area contributed by atoms with Crippen LogP contribution in [0.5, 0.6) is 0 Å². The number of fused-ring (bicyclic) bond motifs is 16. The molecule has 0 bridgehead atoms. The van der Waals surface area contributed by atoms with Crippen molar-refractivity contribution in [2.75, 3.05) is 17.3 Å². The fraction of sp³-hybridized carbons (Fsp3) is 0.771. The van der Waals surface area contributed by atoms with Crippen LogP contribution in [0, 0.1) is 113 Å². The molecule has 4 aromatic rings. The summed E-state index contributed by atoms with van der Waals surface area (Å²) in [6.07, 6.45) is 24.7. The molecule has 4 aromatic heterocycles. The maximum absolute atomic E-state index is 14.6. The van der Waals surface area contributed by atoms with Gasteiger partial charge in [-0.3, -0.25) is 34.6 Å². The zero-order valence-electron chi connectivity index (χ0n) is 56.6. The quantitative estimate of drug-likeness (QED) is 0.0334. The van der Waals surface area contributed by atoms with Crippen LogP contribution in [0.3, 0.4) is 0 Å². The monoisotopic (exact) mass is 1640 g/mol. The van der Waals surface area contributed by atoms with Gasteiger partial charge in [0.05, 0.1) is 12.0 Å². The third-order valence-electron chi connectivity index (χ3n) is 28.8. The second kappa shape index (κ2) is 24.1. The number of ketones is 1. The molecule has 0 amide bonds. The summed E-state index contributed by atoms with van der Waals surface area (Å²) >= 11 is 22.0. The summed E-state index contributed by atoms with van der Waals surface area (Å²) < 4.78 is 4.22. The number of nitrogen functional groups attached to an aromatic ring is 3. The van der Waals surface area contributed by atoms with E-state index < -0.39 is 0 Å². The Balaban J connectivity index is 0.000000171. The van der Waals surface area contributed by atoms with E-state index >= 15 is 0 Å². The van der Waals surface area contributed by atoms with Crippen LogP contribution in [0.4, 0.5) is 11.6 Å². The summed E-state index contributed by atoms with van der Waals surface area (Å²) in [5, 5.41) is 29.0. The van der Waals surface area contributed by atoms with E-state index in [4.69, 9.17) is 53.3 Å². The predicted molar refractivity (Wildman–Crippen MR) is 387 cm³/mol. The molecule has 506 valence electrons. The van der Waals surface area contributed by atoms with Gasteiger partial charge in [0.25, 0.3) is 0 Å². The van der Waals surface area contributed by atoms with Gasteiger partial charge in [0, 0.05) is 38.8 Å². The van der Waals surface area contributed by atoms with Crippen LogP contribution >= 0.6 is 73.3 Å². The maximum atomic E-state index is 14.6. The van der Waals surface area contributed by atoms with Gasteiger partial charge >= 0.3 is 50.5 Å². The van der Waals surface area contributed by atoms with Crippen LogP contribution in [0.15, 0.2) is 23.3 Å². The second-order valence-electron chi connectivity index (χ2n) is 34.3. The number of carbonyl (C=O) groups excluding carboxylic acids is 2. The molecule has 14 atom stereocenters. The molecule has 15 nitrogen and oxygen atoms in total. The Morgan fingerprint density at radius 3 is 1.37 bits per heavy atom. The number of nitrogens with two attached hydrogens (primary N) is 3. The summed E-state index contributed by atoms with van der Waals surface area (Å²) in [4.78, 5) is 27.6. The molecule has 21 heteroatoms. The number of H-pyrrole nitrogens is 4. The fourth-order valence-corrected chi connectivity index (χ4v) is 24.2. The Labute approximate surface area is 588 Å². The van der Waals surface area contributed by atoms with Gasteiger partial charge < -0.3 is 17.3 Å². The van der Waals surface area contributed by atoms with Crippen molar-refractivity contribution in [1.82, 2.24) is 50.0 Å². The molecule has 0 spiro atoms. The Morgan fingerprint density at radius 1 is 0.593 bits per heavy atom. The first kappa shape index (κ1) is 71.6. The average molecular weight is 1640 g/mol. The van der Waals surface area contributed by atoms with Crippen LogP contribution in [-0.4, -0.2) is 61.1 Å². The molecule has 0 radical (unpaired) electrons. The Hall–Kier alpha value is -2.16. The van der Waals surface area contributed by atoms with Crippen LogP contribution in [0.25, 0.3) is 0 Å². The van der Waals surface area contributed by atoms with Crippen molar-refractivity contribution in [2.45, 2.75) is 251 Å². The van der Waals surface area contributed by atoms with E-state index in [0.717, 1.165) is 95.7 Å². The van der Waals surface area contributed by atoms with E-state index in [1.807, 2.05) is 11.5 Å². The third kappa shape index (κ3) is 10.7. The molecule has 10 aliphatic rings. The van der Waals surface area contributed by atoms with Gasteiger partial charge in [-0.05, 0) is 244 Å². The van der Waals surface area contributed by atoms with Crippen molar-refractivity contribution in [3.05, 3.63) is 67.0 Å². The van der Waals surface area contributed by atoms with Crippen molar-refractivity contribution >= 4 is 95.9 Å². The van der Waals surface area contributed by atoms with Crippen molar-refractivity contribution in [1.29, 1.82) is 0 Å². The topological polar surface area (TPSA) is 237 Å². The first-order valence-electron chi connectivity index (χ1n) is 33.4. The van der Waals surface area contributed by atoms with Crippen molar-refractivity contribution < 1.29 is 22.8 Å². The van der Waals surface area contributed by atoms with Crippen molar-refractivity contribution in [3.63, 3.8) is 0 Å². The number of rotatable bonds is 4. The minimum atomic E-state index is -0.361. The number of aryl methyl sites for hydroxylation is 2. The summed E-state index contributed by atoms with van der Waals surface area (Å²) in [5.41, 5.74) is 21.8. The number of hydrogen-bond donors (Lipinski definition) is 7. The number of allylic oxidation sites excluding steroid dienone is 4. The Morgan fingerprint density at radius 2 is 0.989 bits per heavy atom. The van der Waals surface area contributed by atoms with Gasteiger partial charge in [0.1, 0.15) is 23.3 Å². The number of Topliss-reactive ketones (excluding diaryl/α,β-unsaturated/α-hetero) is 1. The molecule has 0 saturated heterocycles. The van der Waals surface area contributed by atoms with Gasteiger partial charge in [-0.25, -0.2) is 4.68 Å². The van der Waals surface area contributed by atoms with Crippen LogP contribution in [0.1, 0.15) is 241 Å². The van der Waals surface area contributed by atoms with Crippen LogP contribution in [-0.2, 0) is 39.8 Å². The van der Waals surface area contributed by atoms with E-state index in [2.05, 4.69) is 187 Å². The number of anilines is 2. The fourth-order valence-electron chi connectivity index (χ4n) is 23.5. The first-order valence-corrected chi connectivity index (χ1v) is 47.2. The zero-order chi connectivity index (χ0) is 65.9. The molecule has 14 rings (SSSR count). The summed E-state index contributed by atoms with van der Waals surface area (Å²) in [7, 11) is 0. The predicted octanol–water partition coefficient (Wildman–Crippen LogP) is 14.6.